The van der Waals surface area contributed by atoms with E-state index in [0.717, 1.165) is 25.3 Å². The third kappa shape index (κ3) is 3.40. The molecular weight excluding hydrogens is 254 g/mol. The lowest BCUT2D eigenvalue weighted by atomic mass is 9.96. The predicted octanol–water partition coefficient (Wildman–Crippen LogP) is 4.26. The van der Waals surface area contributed by atoms with Gasteiger partial charge in [0.25, 0.3) is 0 Å². The van der Waals surface area contributed by atoms with E-state index in [-0.39, 0.29) is 0 Å². The maximum atomic E-state index is 5.67. The molecule has 1 N–H and O–H groups in total. The maximum Gasteiger partial charge on any atom is 0.110 e. The molecule has 1 saturated carbocycles. The van der Waals surface area contributed by atoms with Gasteiger partial charge < -0.3 is 10.1 Å². The summed E-state index contributed by atoms with van der Waals surface area (Å²) in [5.41, 5.74) is 0. The van der Waals surface area contributed by atoms with E-state index in [0.29, 0.717) is 12.1 Å². The monoisotopic (exact) mass is 277 g/mol. The first-order valence-electron chi connectivity index (χ1n) is 7.51. The van der Waals surface area contributed by atoms with Crippen LogP contribution in [-0.2, 0) is 4.74 Å². The van der Waals surface area contributed by atoms with Crippen molar-refractivity contribution in [1.29, 1.82) is 0 Å². The highest BCUT2D eigenvalue weighted by Gasteiger charge is 2.27. The average molecular weight is 277 g/mol. The molecule has 0 spiro atoms. The van der Waals surface area contributed by atoms with E-state index in [4.69, 9.17) is 4.74 Å². The van der Waals surface area contributed by atoms with Crippen molar-refractivity contribution in [1.82, 2.24) is 5.32 Å². The van der Waals surface area contributed by atoms with Crippen LogP contribution in [-0.4, -0.2) is 12.6 Å². The summed E-state index contributed by atoms with van der Waals surface area (Å²) in [4.78, 5) is 1.50. The van der Waals surface area contributed by atoms with Gasteiger partial charge in [0.15, 0.2) is 0 Å². The number of allylic oxidation sites excluding steroid dienone is 1. The van der Waals surface area contributed by atoms with Crippen LogP contribution in [0.15, 0.2) is 29.9 Å². The van der Waals surface area contributed by atoms with Crippen LogP contribution in [0.2, 0.25) is 0 Å². The second-order valence-electron chi connectivity index (χ2n) is 5.65. The van der Waals surface area contributed by atoms with Crippen molar-refractivity contribution in [3.05, 3.63) is 34.7 Å². The Morgan fingerprint density at radius 1 is 1.32 bits per heavy atom. The Morgan fingerprint density at radius 2 is 2.21 bits per heavy atom. The molecule has 104 valence electrons. The van der Waals surface area contributed by atoms with Gasteiger partial charge in [-0.05, 0) is 49.1 Å². The lowest BCUT2D eigenvalue weighted by Crippen LogP contribution is -2.34. The summed E-state index contributed by atoms with van der Waals surface area (Å²) in [6, 6.07) is 4.99. The van der Waals surface area contributed by atoms with Crippen LogP contribution in [0.5, 0.6) is 0 Å². The minimum atomic E-state index is 0.355. The van der Waals surface area contributed by atoms with Gasteiger partial charge in [0.2, 0.25) is 0 Å². The van der Waals surface area contributed by atoms with E-state index in [9.17, 15) is 0 Å². The summed E-state index contributed by atoms with van der Waals surface area (Å²) < 4.78 is 5.67. The van der Waals surface area contributed by atoms with Crippen LogP contribution in [0, 0.1) is 5.92 Å². The Morgan fingerprint density at radius 3 is 2.89 bits per heavy atom. The summed E-state index contributed by atoms with van der Waals surface area (Å²) in [7, 11) is 0. The van der Waals surface area contributed by atoms with Crippen LogP contribution < -0.4 is 5.32 Å². The molecule has 1 aromatic rings. The van der Waals surface area contributed by atoms with Crippen LogP contribution >= 0.6 is 11.3 Å². The Hall–Kier alpha value is -0.800. The topological polar surface area (TPSA) is 21.3 Å². The summed E-state index contributed by atoms with van der Waals surface area (Å²) in [5, 5.41) is 5.98. The molecule has 1 aliphatic carbocycles. The number of ether oxygens (including phenoxy) is 1. The molecule has 0 radical (unpaired) electrons. The number of hydrogen-bond acceptors (Lipinski definition) is 3. The van der Waals surface area contributed by atoms with E-state index < -0.39 is 0 Å². The Bertz CT molecular complexity index is 395. The standard InChI is InChI=1S/C16H23NOS/c1-2-7-13(6-1)16(15-9-5-11-19-15)17-12-14-8-3-4-10-18-14/h4-5,9-11,13-14,16-17H,1-3,6-8,12H2. The first-order valence-corrected chi connectivity index (χ1v) is 8.39. The second kappa shape index (κ2) is 6.58. The van der Waals surface area contributed by atoms with Crippen molar-refractivity contribution >= 4 is 11.3 Å². The van der Waals surface area contributed by atoms with Crippen molar-refractivity contribution in [3.8, 4) is 0 Å². The Labute approximate surface area is 119 Å². The van der Waals surface area contributed by atoms with E-state index in [2.05, 4.69) is 28.9 Å². The minimum absolute atomic E-state index is 0.355. The quantitative estimate of drug-likeness (QED) is 0.868. The van der Waals surface area contributed by atoms with E-state index in [1.54, 1.807) is 0 Å². The molecule has 0 saturated heterocycles. The van der Waals surface area contributed by atoms with Crippen molar-refractivity contribution < 1.29 is 4.74 Å². The van der Waals surface area contributed by atoms with E-state index in [1.165, 1.54) is 30.6 Å². The molecule has 2 aliphatic rings. The molecule has 0 amide bonds. The Balaban J connectivity index is 1.60. The largest absolute Gasteiger partial charge is 0.497 e. The van der Waals surface area contributed by atoms with E-state index in [1.807, 2.05) is 17.6 Å². The van der Waals surface area contributed by atoms with Gasteiger partial charge in [-0.15, -0.1) is 11.3 Å². The lowest BCUT2D eigenvalue weighted by molar-refractivity contribution is 0.116. The minimum Gasteiger partial charge on any atom is -0.497 e. The van der Waals surface area contributed by atoms with Gasteiger partial charge in [-0.25, -0.2) is 0 Å². The van der Waals surface area contributed by atoms with Crippen LogP contribution in [0.25, 0.3) is 0 Å². The fourth-order valence-corrected chi connectivity index (χ4v) is 4.15. The van der Waals surface area contributed by atoms with Gasteiger partial charge in [0, 0.05) is 17.5 Å². The first kappa shape index (κ1) is 13.2. The molecule has 2 unspecified atom stereocenters. The second-order valence-corrected chi connectivity index (χ2v) is 6.63. The summed E-state index contributed by atoms with van der Waals surface area (Å²) >= 11 is 1.89. The van der Waals surface area contributed by atoms with Crippen molar-refractivity contribution in [2.45, 2.75) is 50.7 Å². The number of nitrogens with one attached hydrogen (secondary N) is 1. The molecule has 1 fully saturated rings. The third-order valence-corrected chi connectivity index (χ3v) is 5.26. The molecule has 3 heteroatoms. The number of thiophene rings is 1. The number of hydrogen-bond donors (Lipinski definition) is 1. The summed E-state index contributed by atoms with van der Waals surface area (Å²) in [6.07, 6.45) is 12.2. The van der Waals surface area contributed by atoms with Crippen LogP contribution in [0.1, 0.15) is 49.4 Å². The highest BCUT2D eigenvalue weighted by Crippen LogP contribution is 2.37. The molecule has 1 aliphatic heterocycles. The lowest BCUT2D eigenvalue weighted by Gasteiger charge is -2.27. The summed E-state index contributed by atoms with van der Waals surface area (Å²) in [5.74, 6) is 0.817. The van der Waals surface area contributed by atoms with E-state index >= 15 is 0 Å². The van der Waals surface area contributed by atoms with Crippen molar-refractivity contribution in [2.24, 2.45) is 5.92 Å². The fourth-order valence-electron chi connectivity index (χ4n) is 3.25. The predicted molar refractivity (Wildman–Crippen MR) is 80.3 cm³/mol. The molecular formula is C16H23NOS. The number of rotatable bonds is 5. The molecule has 0 bridgehead atoms. The van der Waals surface area contributed by atoms with Crippen LogP contribution in [0.4, 0.5) is 0 Å². The molecule has 2 heterocycles. The molecule has 1 aromatic heterocycles. The molecule has 3 rings (SSSR count). The van der Waals surface area contributed by atoms with Crippen LogP contribution in [0.3, 0.4) is 0 Å². The molecule has 2 nitrogen and oxygen atoms in total. The fraction of sp³-hybridized carbons (Fsp3) is 0.625. The van der Waals surface area contributed by atoms with Gasteiger partial charge >= 0.3 is 0 Å². The SMILES string of the molecule is C1=COC(CNC(c2cccs2)C2CCCC2)CC1. The zero-order valence-corrected chi connectivity index (χ0v) is 12.2. The highest BCUT2D eigenvalue weighted by atomic mass is 32.1. The van der Waals surface area contributed by atoms with Gasteiger partial charge in [0.1, 0.15) is 6.10 Å². The van der Waals surface area contributed by atoms with Gasteiger partial charge in [-0.1, -0.05) is 18.9 Å². The van der Waals surface area contributed by atoms with Gasteiger partial charge in [-0.2, -0.15) is 0 Å². The van der Waals surface area contributed by atoms with Gasteiger partial charge in [-0.3, -0.25) is 0 Å². The zero-order chi connectivity index (χ0) is 12.9. The van der Waals surface area contributed by atoms with Crippen molar-refractivity contribution in [2.75, 3.05) is 6.54 Å². The maximum absolute atomic E-state index is 5.67. The normalized spacial score (nSPS) is 25.4. The average Bonchev–Trinajstić information content (AvgIpc) is 3.13. The summed E-state index contributed by atoms with van der Waals surface area (Å²) in [6.45, 7) is 0.976. The molecule has 0 aromatic carbocycles. The van der Waals surface area contributed by atoms with Gasteiger partial charge in [0.05, 0.1) is 6.26 Å². The third-order valence-electron chi connectivity index (χ3n) is 4.31. The highest BCUT2D eigenvalue weighted by molar-refractivity contribution is 7.10. The Kier molecular flexibility index (Phi) is 4.57. The first-order chi connectivity index (χ1) is 9.43. The smallest absolute Gasteiger partial charge is 0.110 e. The van der Waals surface area contributed by atoms with Crippen molar-refractivity contribution in [3.63, 3.8) is 0 Å². The zero-order valence-electron chi connectivity index (χ0n) is 11.4. The molecule has 19 heavy (non-hydrogen) atoms. The molecule has 2 atom stereocenters.